The normalized spacial score (nSPS) is 21.8. The highest BCUT2D eigenvalue weighted by molar-refractivity contribution is 8.00. The van der Waals surface area contributed by atoms with Crippen molar-refractivity contribution in [3.8, 4) is 0 Å². The lowest BCUT2D eigenvalue weighted by atomic mass is 10.2. The molecule has 1 saturated heterocycles. The minimum absolute atomic E-state index is 0.209. The minimum Gasteiger partial charge on any atom is -0.344 e. The SMILES string of the molecule is CCCCCCSC1CC(=O)N1. The van der Waals surface area contributed by atoms with E-state index in [2.05, 4.69) is 12.2 Å². The van der Waals surface area contributed by atoms with E-state index in [9.17, 15) is 4.79 Å². The zero-order valence-electron chi connectivity index (χ0n) is 7.64. The van der Waals surface area contributed by atoms with Crippen LogP contribution in [0.1, 0.15) is 39.0 Å². The highest BCUT2D eigenvalue weighted by Crippen LogP contribution is 2.20. The Labute approximate surface area is 78.5 Å². The number of hydrogen-bond acceptors (Lipinski definition) is 2. The van der Waals surface area contributed by atoms with Gasteiger partial charge < -0.3 is 5.32 Å². The maximum atomic E-state index is 10.5. The lowest BCUT2D eigenvalue weighted by molar-refractivity contribution is -0.126. The highest BCUT2D eigenvalue weighted by Gasteiger charge is 2.24. The molecule has 0 saturated carbocycles. The van der Waals surface area contributed by atoms with Gasteiger partial charge in [-0.2, -0.15) is 0 Å². The summed E-state index contributed by atoms with van der Waals surface area (Å²) in [6.45, 7) is 2.22. The van der Waals surface area contributed by atoms with E-state index in [1.54, 1.807) is 0 Å². The first kappa shape index (κ1) is 9.90. The monoisotopic (exact) mass is 187 g/mol. The number of rotatable bonds is 6. The van der Waals surface area contributed by atoms with Gasteiger partial charge in [-0.25, -0.2) is 0 Å². The Balaban J connectivity index is 1.80. The fraction of sp³-hybridized carbons (Fsp3) is 0.889. The molecule has 1 N–H and O–H groups in total. The summed E-state index contributed by atoms with van der Waals surface area (Å²) >= 11 is 1.89. The molecule has 1 aliphatic rings. The second-order valence-electron chi connectivity index (χ2n) is 3.19. The molecule has 1 amide bonds. The van der Waals surface area contributed by atoms with E-state index < -0.39 is 0 Å². The van der Waals surface area contributed by atoms with Gasteiger partial charge in [0, 0.05) is 0 Å². The van der Waals surface area contributed by atoms with E-state index >= 15 is 0 Å². The molecule has 1 fully saturated rings. The number of β-lactam (4-membered cyclic amide) rings is 1. The number of carbonyl (C=O) groups is 1. The molecule has 2 nitrogen and oxygen atoms in total. The van der Waals surface area contributed by atoms with Gasteiger partial charge in [0.05, 0.1) is 11.8 Å². The van der Waals surface area contributed by atoms with Crippen molar-refractivity contribution in [2.75, 3.05) is 5.75 Å². The molecule has 0 aromatic rings. The number of thioether (sulfide) groups is 1. The summed E-state index contributed by atoms with van der Waals surface area (Å²) in [6, 6.07) is 0. The van der Waals surface area contributed by atoms with Gasteiger partial charge in [-0.1, -0.05) is 26.2 Å². The van der Waals surface area contributed by atoms with E-state index in [-0.39, 0.29) is 5.91 Å². The maximum absolute atomic E-state index is 10.5. The molecule has 1 unspecified atom stereocenters. The van der Waals surface area contributed by atoms with Crippen LogP contribution in [0.3, 0.4) is 0 Å². The first-order chi connectivity index (χ1) is 5.83. The zero-order chi connectivity index (χ0) is 8.81. The molecular weight excluding hydrogens is 170 g/mol. The molecule has 0 aromatic heterocycles. The number of unbranched alkanes of at least 4 members (excludes halogenated alkanes) is 3. The molecule has 12 heavy (non-hydrogen) atoms. The molecule has 70 valence electrons. The highest BCUT2D eigenvalue weighted by atomic mass is 32.2. The molecule has 0 aromatic carbocycles. The molecule has 0 radical (unpaired) electrons. The minimum atomic E-state index is 0.209. The zero-order valence-corrected chi connectivity index (χ0v) is 8.45. The van der Waals surface area contributed by atoms with Crippen molar-refractivity contribution in [3.63, 3.8) is 0 Å². The Morgan fingerprint density at radius 3 is 2.83 bits per heavy atom. The standard InChI is InChI=1S/C9H17NOS/c1-2-3-4-5-6-12-9-7-8(11)10-9/h9H,2-7H2,1H3,(H,10,11). The van der Waals surface area contributed by atoms with Crippen LogP contribution in [-0.4, -0.2) is 17.0 Å². The van der Waals surface area contributed by atoms with Crippen molar-refractivity contribution in [2.24, 2.45) is 0 Å². The summed E-state index contributed by atoms with van der Waals surface area (Å²) in [6.07, 6.45) is 6.01. The van der Waals surface area contributed by atoms with Gasteiger partial charge in [0.1, 0.15) is 0 Å². The molecule has 0 spiro atoms. The topological polar surface area (TPSA) is 29.1 Å². The van der Waals surface area contributed by atoms with Gasteiger partial charge in [-0.05, 0) is 12.2 Å². The second-order valence-corrected chi connectivity index (χ2v) is 4.50. The third-order valence-corrected chi connectivity index (χ3v) is 3.22. The van der Waals surface area contributed by atoms with Gasteiger partial charge >= 0.3 is 0 Å². The molecule has 1 heterocycles. The van der Waals surface area contributed by atoms with Crippen LogP contribution < -0.4 is 5.32 Å². The van der Waals surface area contributed by atoms with E-state index in [0.717, 1.165) is 6.42 Å². The third kappa shape index (κ3) is 3.48. The molecule has 3 heteroatoms. The summed E-state index contributed by atoms with van der Waals surface area (Å²) in [5.41, 5.74) is 0. The third-order valence-electron chi connectivity index (χ3n) is 2.01. The smallest absolute Gasteiger partial charge is 0.223 e. The van der Waals surface area contributed by atoms with Crippen molar-refractivity contribution in [1.82, 2.24) is 5.32 Å². The molecule has 0 bridgehead atoms. The number of carbonyl (C=O) groups excluding carboxylic acids is 1. The summed E-state index contributed by atoms with van der Waals surface area (Å²) in [4.78, 5) is 10.5. The molecule has 1 atom stereocenters. The van der Waals surface area contributed by atoms with Crippen LogP contribution in [0.25, 0.3) is 0 Å². The second kappa shape index (κ2) is 5.46. The van der Waals surface area contributed by atoms with E-state index in [4.69, 9.17) is 0 Å². The van der Waals surface area contributed by atoms with Gasteiger partial charge in [0.2, 0.25) is 5.91 Å². The first-order valence-electron chi connectivity index (χ1n) is 4.74. The quantitative estimate of drug-likeness (QED) is 0.510. The van der Waals surface area contributed by atoms with Crippen molar-refractivity contribution in [2.45, 2.75) is 44.4 Å². The van der Waals surface area contributed by atoms with Crippen LogP contribution in [-0.2, 0) is 4.79 Å². The van der Waals surface area contributed by atoms with Crippen LogP contribution in [0.4, 0.5) is 0 Å². The van der Waals surface area contributed by atoms with Crippen molar-refractivity contribution >= 4 is 17.7 Å². The van der Waals surface area contributed by atoms with E-state index in [1.165, 1.54) is 31.4 Å². The van der Waals surface area contributed by atoms with Gasteiger partial charge in [0.25, 0.3) is 0 Å². The predicted molar refractivity (Wildman–Crippen MR) is 53.1 cm³/mol. The summed E-state index contributed by atoms with van der Waals surface area (Å²) < 4.78 is 0. The van der Waals surface area contributed by atoms with Crippen LogP contribution in [0, 0.1) is 0 Å². The van der Waals surface area contributed by atoms with Crippen LogP contribution in [0.5, 0.6) is 0 Å². The van der Waals surface area contributed by atoms with E-state index in [1.807, 2.05) is 11.8 Å². The average molecular weight is 187 g/mol. The Kier molecular flexibility index (Phi) is 4.51. The van der Waals surface area contributed by atoms with Crippen molar-refractivity contribution in [3.05, 3.63) is 0 Å². The number of nitrogens with one attached hydrogen (secondary N) is 1. The summed E-state index contributed by atoms with van der Waals surface area (Å²) in [5.74, 6) is 1.41. The van der Waals surface area contributed by atoms with Crippen molar-refractivity contribution in [1.29, 1.82) is 0 Å². The average Bonchev–Trinajstić information content (AvgIpc) is 2.00. The van der Waals surface area contributed by atoms with Gasteiger partial charge in [-0.3, -0.25) is 4.79 Å². The summed E-state index contributed by atoms with van der Waals surface area (Å²) in [5, 5.41) is 3.29. The summed E-state index contributed by atoms with van der Waals surface area (Å²) in [7, 11) is 0. The predicted octanol–water partition coefficient (Wildman–Crippen LogP) is 2.15. The molecular formula is C9H17NOS. The Hall–Kier alpha value is -0.180. The van der Waals surface area contributed by atoms with Crippen LogP contribution in [0.15, 0.2) is 0 Å². The molecule has 1 rings (SSSR count). The lowest BCUT2D eigenvalue weighted by Crippen LogP contribution is -2.46. The lowest BCUT2D eigenvalue weighted by Gasteiger charge is -2.25. The largest absolute Gasteiger partial charge is 0.344 e. The van der Waals surface area contributed by atoms with Crippen molar-refractivity contribution < 1.29 is 4.79 Å². The molecule has 1 aliphatic heterocycles. The first-order valence-corrected chi connectivity index (χ1v) is 5.78. The number of amides is 1. The van der Waals surface area contributed by atoms with Crippen LogP contribution in [0.2, 0.25) is 0 Å². The Morgan fingerprint density at radius 1 is 1.50 bits per heavy atom. The Morgan fingerprint density at radius 2 is 2.25 bits per heavy atom. The number of hydrogen-bond donors (Lipinski definition) is 1. The van der Waals surface area contributed by atoms with Crippen LogP contribution >= 0.6 is 11.8 Å². The van der Waals surface area contributed by atoms with E-state index in [0.29, 0.717) is 5.37 Å². The van der Waals surface area contributed by atoms with Gasteiger partial charge in [-0.15, -0.1) is 11.8 Å². The fourth-order valence-corrected chi connectivity index (χ4v) is 2.32. The fourth-order valence-electron chi connectivity index (χ4n) is 1.18. The van der Waals surface area contributed by atoms with Gasteiger partial charge in [0.15, 0.2) is 0 Å². The molecule has 0 aliphatic carbocycles. The maximum Gasteiger partial charge on any atom is 0.223 e. The Bertz CT molecular complexity index is 141.